The molecule has 4 heterocycles. The molecule has 0 radical (unpaired) electrons. The molecule has 0 bridgehead atoms. The fourth-order valence-electron chi connectivity index (χ4n) is 6.20. The molecular formula is C30H45N5O5. The van der Waals surface area contributed by atoms with Gasteiger partial charge in [0.15, 0.2) is 0 Å². The number of likely N-dealkylation sites (tertiary alicyclic amines) is 2. The molecule has 1 aromatic heterocycles. The topological polar surface area (TPSA) is 106 Å². The van der Waals surface area contributed by atoms with Gasteiger partial charge < -0.3 is 14.5 Å². The monoisotopic (exact) mass is 555 g/mol. The number of rotatable bonds is 3. The Bertz CT molecular complexity index is 1290. The highest BCUT2D eigenvalue weighted by Gasteiger charge is 2.33. The van der Waals surface area contributed by atoms with Gasteiger partial charge in [0.25, 0.3) is 0 Å². The fraction of sp³-hybridized carbons (Fsp3) is 0.667. The Labute approximate surface area is 236 Å². The summed E-state index contributed by atoms with van der Waals surface area (Å²) in [6.45, 7) is 13.2. The number of nitrogens with zero attached hydrogens (tertiary/aromatic N) is 4. The summed E-state index contributed by atoms with van der Waals surface area (Å²) >= 11 is 0. The summed E-state index contributed by atoms with van der Waals surface area (Å²) in [7, 11) is 1.74. The van der Waals surface area contributed by atoms with Crippen LogP contribution in [0, 0.1) is 0 Å². The van der Waals surface area contributed by atoms with Crippen molar-refractivity contribution in [1.29, 1.82) is 0 Å². The molecule has 5 rings (SSSR count). The van der Waals surface area contributed by atoms with Gasteiger partial charge in [0.1, 0.15) is 11.6 Å². The maximum atomic E-state index is 13.1. The van der Waals surface area contributed by atoms with Gasteiger partial charge in [-0.05, 0) is 89.6 Å². The number of piperidine rings is 3. The van der Waals surface area contributed by atoms with Crippen LogP contribution in [0.15, 0.2) is 23.0 Å². The van der Waals surface area contributed by atoms with Crippen LogP contribution < -0.4 is 11.0 Å². The summed E-state index contributed by atoms with van der Waals surface area (Å²) in [5, 5.41) is 2.36. The van der Waals surface area contributed by atoms with E-state index in [2.05, 4.69) is 22.3 Å². The minimum Gasteiger partial charge on any atom is -0.444 e. The Morgan fingerprint density at radius 1 is 0.925 bits per heavy atom. The van der Waals surface area contributed by atoms with Crippen LogP contribution >= 0.6 is 0 Å². The zero-order valence-electron chi connectivity index (χ0n) is 24.9. The standard InChI is InChI=1S/C28H39N5O5.C2H6/c1-28(2,3)38-27(37)32-15-11-20(12-16-32)31-13-9-18(10-14-31)19-5-6-21-23(17-19)30(4)26(36)33(21)22-7-8-24(34)29-25(22)35;1-2/h5-6,17-18,20,22H,7-16H2,1-4H3,(H,29,34,35);1-2H3. The summed E-state index contributed by atoms with van der Waals surface area (Å²) in [5.41, 5.74) is 2.05. The molecular weight excluding hydrogens is 510 g/mol. The number of hydrogen-bond donors (Lipinski definition) is 1. The van der Waals surface area contributed by atoms with Crippen LogP contribution in [-0.4, -0.2) is 74.7 Å². The number of benzene rings is 1. The average molecular weight is 556 g/mol. The molecule has 1 aromatic carbocycles. The van der Waals surface area contributed by atoms with E-state index in [1.807, 2.05) is 45.6 Å². The number of amides is 3. The summed E-state index contributed by atoms with van der Waals surface area (Å²) in [4.78, 5) is 53.9. The number of imide groups is 1. The quantitative estimate of drug-likeness (QED) is 0.576. The number of imidazole rings is 1. The third kappa shape index (κ3) is 6.27. The first-order chi connectivity index (χ1) is 19.0. The SMILES string of the molecule is CC.Cn1c(=O)n(C2CCC(=O)NC2=O)c2ccc(C3CCN(C4CCN(C(=O)OC(C)(C)C)CC4)CC3)cc21. The minimum absolute atomic E-state index is 0.217. The van der Waals surface area contributed by atoms with Crippen LogP contribution in [0.5, 0.6) is 0 Å². The fourth-order valence-corrected chi connectivity index (χ4v) is 6.20. The van der Waals surface area contributed by atoms with Gasteiger partial charge >= 0.3 is 11.8 Å². The first kappa shape index (κ1) is 29.8. The third-order valence-electron chi connectivity index (χ3n) is 8.27. The molecule has 0 spiro atoms. The van der Waals surface area contributed by atoms with Crippen LogP contribution in [0.1, 0.15) is 90.7 Å². The van der Waals surface area contributed by atoms with Gasteiger partial charge in [0.2, 0.25) is 11.8 Å². The van der Waals surface area contributed by atoms with Crippen molar-refractivity contribution in [2.45, 2.75) is 96.7 Å². The van der Waals surface area contributed by atoms with Crippen LogP contribution in [0.4, 0.5) is 4.79 Å². The van der Waals surface area contributed by atoms with Crippen molar-refractivity contribution in [3.05, 3.63) is 34.2 Å². The van der Waals surface area contributed by atoms with E-state index < -0.39 is 17.6 Å². The number of hydrogen-bond acceptors (Lipinski definition) is 6. The van der Waals surface area contributed by atoms with Gasteiger partial charge in [0, 0.05) is 32.6 Å². The van der Waals surface area contributed by atoms with E-state index in [4.69, 9.17) is 4.74 Å². The van der Waals surface area contributed by atoms with E-state index in [-0.39, 0.29) is 24.1 Å². The molecule has 3 aliphatic heterocycles. The van der Waals surface area contributed by atoms with Crippen molar-refractivity contribution in [2.75, 3.05) is 26.2 Å². The predicted molar refractivity (Wildman–Crippen MR) is 154 cm³/mol. The lowest BCUT2D eigenvalue weighted by Gasteiger charge is -2.42. The second-order valence-electron chi connectivity index (χ2n) is 11.9. The van der Waals surface area contributed by atoms with Crippen LogP contribution in [0.25, 0.3) is 11.0 Å². The van der Waals surface area contributed by atoms with E-state index in [0.717, 1.165) is 62.9 Å². The molecule has 10 nitrogen and oxygen atoms in total. The second-order valence-corrected chi connectivity index (χ2v) is 11.9. The highest BCUT2D eigenvalue weighted by atomic mass is 16.6. The molecule has 1 unspecified atom stereocenters. The molecule has 3 amide bonds. The summed E-state index contributed by atoms with van der Waals surface area (Å²) < 4.78 is 8.67. The van der Waals surface area contributed by atoms with Gasteiger partial charge in [-0.1, -0.05) is 19.9 Å². The maximum Gasteiger partial charge on any atom is 0.410 e. The predicted octanol–water partition coefficient (Wildman–Crippen LogP) is 3.92. The number of aromatic nitrogens is 2. The van der Waals surface area contributed by atoms with E-state index >= 15 is 0 Å². The first-order valence-corrected chi connectivity index (χ1v) is 14.8. The third-order valence-corrected chi connectivity index (χ3v) is 8.27. The number of carbonyl (C=O) groups is 3. The lowest BCUT2D eigenvalue weighted by molar-refractivity contribution is -0.135. The Kier molecular flexibility index (Phi) is 9.07. The van der Waals surface area contributed by atoms with Crippen molar-refractivity contribution in [3.8, 4) is 0 Å². The van der Waals surface area contributed by atoms with Crippen molar-refractivity contribution < 1.29 is 19.1 Å². The van der Waals surface area contributed by atoms with Crippen molar-refractivity contribution in [3.63, 3.8) is 0 Å². The Hall–Kier alpha value is -3.14. The molecule has 0 saturated carbocycles. The van der Waals surface area contributed by atoms with E-state index in [0.29, 0.717) is 18.4 Å². The zero-order valence-corrected chi connectivity index (χ0v) is 24.9. The molecule has 40 heavy (non-hydrogen) atoms. The Morgan fingerprint density at radius 3 is 2.17 bits per heavy atom. The number of ether oxygens (including phenoxy) is 1. The van der Waals surface area contributed by atoms with Crippen LogP contribution in [0.3, 0.4) is 0 Å². The van der Waals surface area contributed by atoms with E-state index in [1.54, 1.807) is 11.6 Å². The van der Waals surface area contributed by atoms with Gasteiger partial charge in [0.05, 0.1) is 11.0 Å². The number of fused-ring (bicyclic) bond motifs is 1. The minimum atomic E-state index is -0.667. The molecule has 0 aliphatic carbocycles. The Morgan fingerprint density at radius 2 is 1.57 bits per heavy atom. The smallest absolute Gasteiger partial charge is 0.410 e. The van der Waals surface area contributed by atoms with Crippen LogP contribution in [-0.2, 0) is 21.4 Å². The Balaban J connectivity index is 0.00000181. The van der Waals surface area contributed by atoms with Crippen molar-refractivity contribution in [2.24, 2.45) is 7.05 Å². The number of carbonyl (C=O) groups excluding carboxylic acids is 3. The average Bonchev–Trinajstić information content (AvgIpc) is 3.18. The molecule has 3 aliphatic rings. The molecule has 1 atom stereocenters. The lowest BCUT2D eigenvalue weighted by atomic mass is 9.87. The number of aryl methyl sites for hydroxylation is 1. The molecule has 10 heteroatoms. The highest BCUT2D eigenvalue weighted by Crippen LogP contribution is 2.33. The molecule has 3 fully saturated rings. The van der Waals surface area contributed by atoms with Gasteiger partial charge in [-0.3, -0.25) is 24.0 Å². The molecule has 1 N–H and O–H groups in total. The first-order valence-electron chi connectivity index (χ1n) is 14.8. The van der Waals surface area contributed by atoms with Crippen LogP contribution in [0.2, 0.25) is 0 Å². The summed E-state index contributed by atoms with van der Waals surface area (Å²) in [6, 6.07) is 5.96. The highest BCUT2D eigenvalue weighted by molar-refractivity contribution is 6.00. The zero-order chi connectivity index (χ0) is 29.2. The van der Waals surface area contributed by atoms with E-state index in [9.17, 15) is 19.2 Å². The molecule has 3 saturated heterocycles. The van der Waals surface area contributed by atoms with Gasteiger partial charge in [-0.15, -0.1) is 0 Å². The maximum absolute atomic E-state index is 13.1. The van der Waals surface area contributed by atoms with Gasteiger partial charge in [-0.25, -0.2) is 9.59 Å². The number of nitrogens with one attached hydrogen (secondary N) is 1. The molecule has 220 valence electrons. The van der Waals surface area contributed by atoms with E-state index in [1.165, 1.54) is 10.1 Å². The summed E-state index contributed by atoms with van der Waals surface area (Å²) in [6.07, 6.45) is 4.36. The van der Waals surface area contributed by atoms with Crippen molar-refractivity contribution in [1.82, 2.24) is 24.3 Å². The lowest BCUT2D eigenvalue weighted by Crippen LogP contribution is -2.49. The largest absolute Gasteiger partial charge is 0.444 e. The van der Waals surface area contributed by atoms with Gasteiger partial charge in [-0.2, -0.15) is 0 Å². The summed E-state index contributed by atoms with van der Waals surface area (Å²) in [5.74, 6) is -0.294. The second kappa shape index (κ2) is 12.2. The normalized spacial score (nSPS) is 21.6. The molecule has 2 aromatic rings. The van der Waals surface area contributed by atoms with Crippen molar-refractivity contribution >= 4 is 28.9 Å².